The summed E-state index contributed by atoms with van der Waals surface area (Å²) in [7, 11) is 1.69. The van der Waals surface area contributed by atoms with Crippen LogP contribution in [0.2, 0.25) is 0 Å². The molecule has 7 heteroatoms. The molecule has 0 amide bonds. The molecule has 6 nitrogen and oxygen atoms in total. The van der Waals surface area contributed by atoms with Crippen LogP contribution in [0, 0.1) is 5.92 Å². The van der Waals surface area contributed by atoms with E-state index in [0.717, 1.165) is 52.7 Å². The van der Waals surface area contributed by atoms with Crippen molar-refractivity contribution in [2.45, 2.75) is 13.3 Å². The second-order valence-corrected chi connectivity index (χ2v) is 8.03. The third-order valence-corrected chi connectivity index (χ3v) is 6.26. The summed E-state index contributed by atoms with van der Waals surface area (Å²) in [4.78, 5) is 23.2. The lowest BCUT2D eigenvalue weighted by molar-refractivity contribution is 0.211. The van der Waals surface area contributed by atoms with E-state index in [1.54, 1.807) is 18.4 Å². The summed E-state index contributed by atoms with van der Waals surface area (Å²) in [6.45, 7) is 5.68. The molecule has 0 bridgehead atoms. The van der Waals surface area contributed by atoms with Gasteiger partial charge in [0.2, 0.25) is 0 Å². The fraction of sp³-hybridized carbons (Fsp3) is 0.400. The Morgan fingerprint density at radius 2 is 2.19 bits per heavy atom. The molecule has 1 aliphatic rings. The van der Waals surface area contributed by atoms with Crippen molar-refractivity contribution in [3.63, 3.8) is 0 Å². The Morgan fingerprint density at radius 1 is 1.37 bits per heavy atom. The van der Waals surface area contributed by atoms with Crippen molar-refractivity contribution >= 4 is 32.9 Å². The molecule has 1 saturated heterocycles. The topological polar surface area (TPSA) is 70.2 Å². The van der Waals surface area contributed by atoms with Crippen molar-refractivity contribution in [2.24, 2.45) is 5.92 Å². The van der Waals surface area contributed by atoms with Gasteiger partial charge in [-0.05, 0) is 30.0 Å². The number of methoxy groups -OCH3 is 1. The van der Waals surface area contributed by atoms with E-state index >= 15 is 0 Å². The predicted molar refractivity (Wildman–Crippen MR) is 112 cm³/mol. The molecule has 0 aliphatic carbocycles. The van der Waals surface area contributed by atoms with E-state index in [1.807, 2.05) is 0 Å². The highest BCUT2D eigenvalue weighted by Gasteiger charge is 2.25. The van der Waals surface area contributed by atoms with Crippen LogP contribution in [0.5, 0.6) is 0 Å². The van der Waals surface area contributed by atoms with Crippen molar-refractivity contribution in [1.82, 2.24) is 9.97 Å². The van der Waals surface area contributed by atoms with Gasteiger partial charge < -0.3 is 19.9 Å². The van der Waals surface area contributed by atoms with Crippen molar-refractivity contribution in [2.75, 3.05) is 43.6 Å². The Kier molecular flexibility index (Phi) is 5.13. The number of hydrogen-bond donors (Lipinski definition) is 2. The van der Waals surface area contributed by atoms with Gasteiger partial charge in [-0.2, -0.15) is 0 Å². The Hall–Kier alpha value is -2.38. The highest BCUT2D eigenvalue weighted by atomic mass is 32.1. The minimum absolute atomic E-state index is 0.0603. The number of rotatable bonds is 6. The van der Waals surface area contributed by atoms with Crippen LogP contribution in [-0.4, -0.2) is 43.3 Å². The van der Waals surface area contributed by atoms with Gasteiger partial charge in [-0.25, -0.2) is 4.98 Å². The van der Waals surface area contributed by atoms with Crippen LogP contribution in [-0.2, 0) is 4.74 Å². The molecule has 4 rings (SSSR count). The van der Waals surface area contributed by atoms with E-state index in [1.165, 1.54) is 6.33 Å². The van der Waals surface area contributed by atoms with E-state index in [2.05, 4.69) is 51.4 Å². The van der Waals surface area contributed by atoms with Gasteiger partial charge in [0.1, 0.15) is 10.4 Å². The molecule has 1 atom stereocenters. The molecule has 0 radical (unpaired) electrons. The summed E-state index contributed by atoms with van der Waals surface area (Å²) >= 11 is 1.67. The third kappa shape index (κ3) is 3.57. The fourth-order valence-corrected chi connectivity index (χ4v) is 4.83. The SMILES string of the molecule is COCCNc1ccc(-c2sc(N3CCC(C)C3)c3c(=O)[nH]cnc23)cc1. The number of nitrogens with zero attached hydrogens (tertiary/aromatic N) is 2. The molecule has 0 saturated carbocycles. The maximum Gasteiger partial charge on any atom is 0.261 e. The first-order valence-corrected chi connectivity index (χ1v) is 10.1. The number of H-pyrrole nitrogens is 1. The first-order chi connectivity index (χ1) is 13.2. The summed E-state index contributed by atoms with van der Waals surface area (Å²) in [5.41, 5.74) is 2.86. The zero-order chi connectivity index (χ0) is 18.8. The Morgan fingerprint density at radius 3 is 2.89 bits per heavy atom. The second-order valence-electron chi connectivity index (χ2n) is 7.03. The zero-order valence-corrected chi connectivity index (χ0v) is 16.4. The highest BCUT2D eigenvalue weighted by molar-refractivity contribution is 7.21. The van der Waals surface area contributed by atoms with Gasteiger partial charge in [0.25, 0.3) is 5.56 Å². The molecule has 1 aliphatic heterocycles. The molecule has 1 unspecified atom stereocenters. The largest absolute Gasteiger partial charge is 0.383 e. The molecule has 1 aromatic carbocycles. The Bertz CT molecular complexity index is 980. The van der Waals surface area contributed by atoms with Crippen molar-refractivity contribution < 1.29 is 4.74 Å². The van der Waals surface area contributed by atoms with Crippen LogP contribution in [0.3, 0.4) is 0 Å². The first kappa shape index (κ1) is 18.0. The zero-order valence-electron chi connectivity index (χ0n) is 15.6. The molecule has 0 spiro atoms. The lowest BCUT2D eigenvalue weighted by Crippen LogP contribution is -2.20. The van der Waals surface area contributed by atoms with E-state index in [-0.39, 0.29) is 5.56 Å². The summed E-state index contributed by atoms with van der Waals surface area (Å²) in [5.74, 6) is 0.652. The maximum atomic E-state index is 12.5. The molecule has 3 aromatic rings. The minimum Gasteiger partial charge on any atom is -0.383 e. The van der Waals surface area contributed by atoms with Gasteiger partial charge in [-0.1, -0.05) is 19.1 Å². The molecule has 2 N–H and O–H groups in total. The van der Waals surface area contributed by atoms with Gasteiger partial charge >= 0.3 is 0 Å². The Labute approximate surface area is 162 Å². The number of fused-ring (bicyclic) bond motifs is 1. The molecule has 3 heterocycles. The normalized spacial score (nSPS) is 17.0. The monoisotopic (exact) mass is 384 g/mol. The lowest BCUT2D eigenvalue weighted by atomic mass is 10.1. The predicted octanol–water partition coefficient (Wildman–Crippen LogP) is 3.56. The maximum absolute atomic E-state index is 12.5. The van der Waals surface area contributed by atoms with E-state index < -0.39 is 0 Å². The lowest BCUT2D eigenvalue weighted by Gasteiger charge is -2.15. The number of ether oxygens (including phenoxy) is 1. The summed E-state index contributed by atoms with van der Waals surface area (Å²) in [6, 6.07) is 8.28. The molecular weight excluding hydrogens is 360 g/mol. The van der Waals surface area contributed by atoms with Crippen LogP contribution in [0.4, 0.5) is 10.7 Å². The van der Waals surface area contributed by atoms with Crippen LogP contribution >= 0.6 is 11.3 Å². The number of thiophene rings is 1. The molecular formula is C20H24N4O2S. The van der Waals surface area contributed by atoms with Gasteiger partial charge in [0, 0.05) is 32.4 Å². The molecule has 1 fully saturated rings. The van der Waals surface area contributed by atoms with Crippen LogP contribution in [0.15, 0.2) is 35.4 Å². The Balaban J connectivity index is 1.72. The average Bonchev–Trinajstić information content (AvgIpc) is 3.27. The quantitative estimate of drug-likeness (QED) is 0.636. The fourth-order valence-electron chi connectivity index (χ4n) is 3.54. The summed E-state index contributed by atoms with van der Waals surface area (Å²) < 4.78 is 5.07. The average molecular weight is 385 g/mol. The van der Waals surface area contributed by atoms with E-state index in [0.29, 0.717) is 17.9 Å². The van der Waals surface area contributed by atoms with E-state index in [9.17, 15) is 4.79 Å². The minimum atomic E-state index is -0.0603. The number of benzene rings is 1. The standard InChI is InChI=1S/C20H24N4O2S/c1-13-7-9-24(11-13)20-16-17(22-12-23-19(16)25)18(27-20)14-3-5-15(6-4-14)21-8-10-26-2/h3-6,12-13,21H,7-11H2,1-2H3,(H,22,23,25). The van der Waals surface area contributed by atoms with Crippen LogP contribution < -0.4 is 15.8 Å². The smallest absolute Gasteiger partial charge is 0.261 e. The van der Waals surface area contributed by atoms with Crippen LogP contribution in [0.25, 0.3) is 21.3 Å². The van der Waals surface area contributed by atoms with Gasteiger partial charge in [-0.15, -0.1) is 11.3 Å². The van der Waals surface area contributed by atoms with Crippen molar-refractivity contribution in [1.29, 1.82) is 0 Å². The second kappa shape index (κ2) is 7.70. The van der Waals surface area contributed by atoms with Gasteiger partial charge in [-0.3, -0.25) is 4.79 Å². The van der Waals surface area contributed by atoms with Crippen LogP contribution in [0.1, 0.15) is 13.3 Å². The first-order valence-electron chi connectivity index (χ1n) is 9.25. The number of aromatic nitrogens is 2. The van der Waals surface area contributed by atoms with Crippen molar-refractivity contribution in [3.8, 4) is 10.4 Å². The third-order valence-electron chi connectivity index (χ3n) is 4.97. The molecule has 142 valence electrons. The van der Waals surface area contributed by atoms with E-state index in [4.69, 9.17) is 4.74 Å². The highest BCUT2D eigenvalue weighted by Crippen LogP contribution is 2.43. The number of aromatic amines is 1. The van der Waals surface area contributed by atoms with Gasteiger partial charge in [0.15, 0.2) is 0 Å². The number of nitrogens with one attached hydrogen (secondary N) is 2. The van der Waals surface area contributed by atoms with Crippen molar-refractivity contribution in [3.05, 3.63) is 40.9 Å². The summed E-state index contributed by atoms with van der Waals surface area (Å²) in [5, 5.41) is 5.08. The summed E-state index contributed by atoms with van der Waals surface area (Å²) in [6.07, 6.45) is 2.66. The molecule has 27 heavy (non-hydrogen) atoms. The number of anilines is 2. The van der Waals surface area contributed by atoms with Gasteiger partial charge in [0.05, 0.1) is 23.3 Å². The number of hydrogen-bond acceptors (Lipinski definition) is 6. The molecule has 2 aromatic heterocycles.